The number of hydrogen-bond donors (Lipinski definition) is 2. The summed E-state index contributed by atoms with van der Waals surface area (Å²) in [5, 5.41) is 13.6. The van der Waals surface area contributed by atoms with Crippen molar-refractivity contribution in [1.82, 2.24) is 30.3 Å². The van der Waals surface area contributed by atoms with Crippen LogP contribution in [0.3, 0.4) is 0 Å². The highest BCUT2D eigenvalue weighted by Gasteiger charge is 2.53. The molecule has 0 unspecified atom stereocenters. The third-order valence-electron chi connectivity index (χ3n) is 6.64. The second-order valence-electron chi connectivity index (χ2n) is 9.71. The molecule has 4 amide bonds. The number of amides is 4. The number of rotatable bonds is 5. The maximum atomic E-state index is 13.0. The number of nitrogens with zero attached hydrogens (tertiary/aromatic N) is 4. The highest BCUT2D eigenvalue weighted by Crippen LogP contribution is 2.43. The van der Waals surface area contributed by atoms with E-state index in [0.29, 0.717) is 30.6 Å². The Labute approximate surface area is 170 Å². The lowest BCUT2D eigenvalue weighted by molar-refractivity contribution is -0.136. The Morgan fingerprint density at radius 3 is 2.55 bits per heavy atom. The van der Waals surface area contributed by atoms with Gasteiger partial charge in [0.1, 0.15) is 18.4 Å². The van der Waals surface area contributed by atoms with Gasteiger partial charge in [0, 0.05) is 6.04 Å². The number of carbonyl (C=O) groups excluding carboxylic acids is 3. The zero-order valence-corrected chi connectivity index (χ0v) is 17.4. The monoisotopic (exact) mass is 402 g/mol. The lowest BCUT2D eigenvalue weighted by Crippen LogP contribution is -2.51. The first-order chi connectivity index (χ1) is 13.7. The smallest absolute Gasteiger partial charge is 0.325 e. The van der Waals surface area contributed by atoms with Crippen LogP contribution in [-0.2, 0) is 16.1 Å². The van der Waals surface area contributed by atoms with Gasteiger partial charge in [-0.05, 0) is 49.9 Å². The molecule has 1 aromatic rings. The minimum Gasteiger partial charge on any atom is -0.347 e. The molecule has 3 fully saturated rings. The fourth-order valence-electron chi connectivity index (χ4n) is 4.56. The standard InChI is InChI=1S/C20H30N6O3/c1-19(2,3)13-6-8-20(9-7-13)17(28)25(18(29)23-20)11-16(27)21-10-15-24-22-12-26(15)14-4-5-14/h12-14H,4-11H2,1-3H3,(H,21,27)(H,23,29). The van der Waals surface area contributed by atoms with Gasteiger partial charge in [-0.3, -0.25) is 14.5 Å². The minimum absolute atomic E-state index is 0.188. The normalized spacial score (nSPS) is 27.4. The molecule has 29 heavy (non-hydrogen) atoms. The molecule has 9 heteroatoms. The zero-order valence-electron chi connectivity index (χ0n) is 17.4. The summed E-state index contributed by atoms with van der Waals surface area (Å²) in [7, 11) is 0. The molecule has 1 saturated heterocycles. The summed E-state index contributed by atoms with van der Waals surface area (Å²) in [6.45, 7) is 6.60. The molecule has 1 aromatic heterocycles. The summed E-state index contributed by atoms with van der Waals surface area (Å²) >= 11 is 0. The van der Waals surface area contributed by atoms with Crippen LogP contribution in [0.4, 0.5) is 4.79 Å². The van der Waals surface area contributed by atoms with Gasteiger partial charge in [-0.25, -0.2) is 4.79 Å². The first kappa shape index (κ1) is 19.8. The third-order valence-corrected chi connectivity index (χ3v) is 6.64. The van der Waals surface area contributed by atoms with E-state index in [-0.39, 0.29) is 30.3 Å². The van der Waals surface area contributed by atoms with Crippen LogP contribution < -0.4 is 10.6 Å². The molecule has 0 radical (unpaired) electrons. The zero-order chi connectivity index (χ0) is 20.8. The van der Waals surface area contributed by atoms with E-state index in [9.17, 15) is 14.4 Å². The average molecular weight is 402 g/mol. The SMILES string of the molecule is CC(C)(C)C1CCC2(CC1)NC(=O)N(CC(=O)NCc1nncn1C1CC1)C2=O. The predicted molar refractivity (Wildman–Crippen MR) is 105 cm³/mol. The summed E-state index contributed by atoms with van der Waals surface area (Å²) in [5.74, 6) is 0.569. The van der Waals surface area contributed by atoms with E-state index in [1.807, 2.05) is 4.57 Å². The number of carbonyl (C=O) groups is 3. The summed E-state index contributed by atoms with van der Waals surface area (Å²) < 4.78 is 1.97. The van der Waals surface area contributed by atoms with Gasteiger partial charge in [-0.2, -0.15) is 0 Å². The molecule has 3 aliphatic rings. The fraction of sp³-hybridized carbons (Fsp3) is 0.750. The second kappa shape index (κ2) is 7.11. The predicted octanol–water partition coefficient (Wildman–Crippen LogP) is 1.76. The van der Waals surface area contributed by atoms with E-state index in [2.05, 4.69) is 41.6 Å². The van der Waals surface area contributed by atoms with Gasteiger partial charge < -0.3 is 15.2 Å². The van der Waals surface area contributed by atoms with E-state index < -0.39 is 11.6 Å². The maximum absolute atomic E-state index is 13.0. The Morgan fingerprint density at radius 1 is 1.24 bits per heavy atom. The molecule has 0 atom stereocenters. The molecule has 1 spiro atoms. The Hall–Kier alpha value is -2.45. The van der Waals surface area contributed by atoms with Gasteiger partial charge in [0.2, 0.25) is 5.91 Å². The van der Waals surface area contributed by atoms with Crippen molar-refractivity contribution in [3.8, 4) is 0 Å². The van der Waals surface area contributed by atoms with Gasteiger partial charge in [0.15, 0.2) is 5.82 Å². The molecule has 4 rings (SSSR count). The second-order valence-corrected chi connectivity index (χ2v) is 9.71. The van der Waals surface area contributed by atoms with E-state index in [1.54, 1.807) is 6.33 Å². The van der Waals surface area contributed by atoms with Crippen molar-refractivity contribution in [2.45, 2.75) is 77.4 Å². The number of hydrogen-bond acceptors (Lipinski definition) is 5. The van der Waals surface area contributed by atoms with E-state index in [1.165, 1.54) is 0 Å². The van der Waals surface area contributed by atoms with Crippen molar-refractivity contribution in [2.75, 3.05) is 6.54 Å². The Balaban J connectivity index is 1.33. The van der Waals surface area contributed by atoms with Crippen LogP contribution in [-0.4, -0.2) is 49.6 Å². The highest BCUT2D eigenvalue weighted by molar-refractivity contribution is 6.09. The van der Waals surface area contributed by atoms with Crippen molar-refractivity contribution >= 4 is 17.8 Å². The summed E-state index contributed by atoms with van der Waals surface area (Å²) in [4.78, 5) is 38.9. The van der Waals surface area contributed by atoms with Crippen LogP contribution in [0.2, 0.25) is 0 Å². The molecule has 2 heterocycles. The Bertz CT molecular complexity index is 814. The summed E-state index contributed by atoms with van der Waals surface area (Å²) in [6, 6.07) is -0.0496. The molecule has 2 saturated carbocycles. The number of urea groups is 1. The van der Waals surface area contributed by atoms with Crippen LogP contribution in [0.5, 0.6) is 0 Å². The lowest BCUT2D eigenvalue weighted by atomic mass is 9.67. The van der Waals surface area contributed by atoms with Crippen LogP contribution in [0, 0.1) is 11.3 Å². The third kappa shape index (κ3) is 3.86. The number of aromatic nitrogens is 3. The van der Waals surface area contributed by atoms with E-state index >= 15 is 0 Å². The molecular formula is C20H30N6O3. The first-order valence-electron chi connectivity index (χ1n) is 10.5. The van der Waals surface area contributed by atoms with Crippen molar-refractivity contribution < 1.29 is 14.4 Å². The molecule has 9 nitrogen and oxygen atoms in total. The van der Waals surface area contributed by atoms with E-state index in [0.717, 1.165) is 30.6 Å². The van der Waals surface area contributed by atoms with E-state index in [4.69, 9.17) is 0 Å². The van der Waals surface area contributed by atoms with Crippen LogP contribution >= 0.6 is 0 Å². The van der Waals surface area contributed by atoms with Crippen LogP contribution in [0.15, 0.2) is 6.33 Å². The number of imide groups is 1. The number of nitrogens with one attached hydrogen (secondary N) is 2. The molecule has 1 aliphatic heterocycles. The van der Waals surface area contributed by atoms with Crippen molar-refractivity contribution in [2.24, 2.45) is 11.3 Å². The first-order valence-corrected chi connectivity index (χ1v) is 10.5. The van der Waals surface area contributed by atoms with Gasteiger partial charge in [-0.1, -0.05) is 20.8 Å². The van der Waals surface area contributed by atoms with Gasteiger partial charge in [-0.15, -0.1) is 10.2 Å². The molecule has 0 aromatic carbocycles. The van der Waals surface area contributed by atoms with Crippen LogP contribution in [0.25, 0.3) is 0 Å². The fourth-order valence-corrected chi connectivity index (χ4v) is 4.56. The molecule has 158 valence electrons. The molecular weight excluding hydrogens is 372 g/mol. The molecule has 2 N–H and O–H groups in total. The molecule has 0 bridgehead atoms. The summed E-state index contributed by atoms with van der Waals surface area (Å²) in [6.07, 6.45) is 6.91. The van der Waals surface area contributed by atoms with Gasteiger partial charge >= 0.3 is 6.03 Å². The summed E-state index contributed by atoms with van der Waals surface area (Å²) in [5.41, 5.74) is -0.654. The highest BCUT2D eigenvalue weighted by atomic mass is 16.2. The Morgan fingerprint density at radius 2 is 1.93 bits per heavy atom. The van der Waals surface area contributed by atoms with Gasteiger partial charge in [0.05, 0.1) is 6.54 Å². The quantitative estimate of drug-likeness (QED) is 0.730. The van der Waals surface area contributed by atoms with Crippen LogP contribution in [0.1, 0.15) is 71.2 Å². The Kier molecular flexibility index (Phi) is 4.86. The average Bonchev–Trinajstić information content (AvgIpc) is 3.36. The van der Waals surface area contributed by atoms with Gasteiger partial charge in [0.25, 0.3) is 5.91 Å². The van der Waals surface area contributed by atoms with Crippen molar-refractivity contribution in [1.29, 1.82) is 0 Å². The topological polar surface area (TPSA) is 109 Å². The lowest BCUT2D eigenvalue weighted by Gasteiger charge is -2.40. The maximum Gasteiger partial charge on any atom is 0.325 e. The van der Waals surface area contributed by atoms with Crippen molar-refractivity contribution in [3.05, 3.63) is 12.2 Å². The molecule has 2 aliphatic carbocycles. The van der Waals surface area contributed by atoms with Crippen molar-refractivity contribution in [3.63, 3.8) is 0 Å². The largest absolute Gasteiger partial charge is 0.347 e. The minimum atomic E-state index is -0.842.